The fourth-order valence-corrected chi connectivity index (χ4v) is 1.14. The zero-order chi connectivity index (χ0) is 13.1. The maximum atomic E-state index is 12.9. The molecule has 3 nitrogen and oxygen atoms in total. The zero-order valence-electron chi connectivity index (χ0n) is 10.0. The standard InChI is InChI=1S/C12H15F2NO2/c1-12(2,3)17-11(16)15-7-8-4-5-9(13)10(14)6-8/h4-6H,7H2,1-3H3,(H,15,16). The van der Waals surface area contributed by atoms with Gasteiger partial charge in [0.15, 0.2) is 11.6 Å². The summed E-state index contributed by atoms with van der Waals surface area (Å²) in [6.45, 7) is 5.31. The average molecular weight is 243 g/mol. The van der Waals surface area contributed by atoms with Crippen LogP contribution in [0.5, 0.6) is 0 Å². The van der Waals surface area contributed by atoms with Gasteiger partial charge in [0, 0.05) is 6.54 Å². The number of carbonyl (C=O) groups excluding carboxylic acids is 1. The van der Waals surface area contributed by atoms with Crippen molar-refractivity contribution in [1.82, 2.24) is 5.32 Å². The van der Waals surface area contributed by atoms with E-state index in [2.05, 4.69) is 5.32 Å². The van der Waals surface area contributed by atoms with Gasteiger partial charge in [-0.15, -0.1) is 0 Å². The first kappa shape index (κ1) is 13.4. The van der Waals surface area contributed by atoms with E-state index in [0.717, 1.165) is 12.1 Å². The quantitative estimate of drug-likeness (QED) is 0.867. The minimum atomic E-state index is -0.937. The number of hydrogen-bond donors (Lipinski definition) is 1. The Morgan fingerprint density at radius 2 is 1.94 bits per heavy atom. The molecule has 0 radical (unpaired) electrons. The summed E-state index contributed by atoms with van der Waals surface area (Å²) in [6.07, 6.45) is -0.595. The van der Waals surface area contributed by atoms with Crippen molar-refractivity contribution >= 4 is 6.09 Å². The highest BCUT2D eigenvalue weighted by Gasteiger charge is 2.15. The first-order valence-electron chi connectivity index (χ1n) is 5.19. The third kappa shape index (κ3) is 4.80. The molecule has 0 aliphatic carbocycles. The van der Waals surface area contributed by atoms with E-state index in [1.54, 1.807) is 20.8 Å². The first-order chi connectivity index (χ1) is 7.78. The molecule has 94 valence electrons. The lowest BCUT2D eigenvalue weighted by Crippen LogP contribution is -2.32. The van der Waals surface area contributed by atoms with Crippen LogP contribution in [0.3, 0.4) is 0 Å². The van der Waals surface area contributed by atoms with Crippen LogP contribution in [-0.4, -0.2) is 11.7 Å². The third-order valence-electron chi connectivity index (χ3n) is 1.82. The predicted molar refractivity (Wildman–Crippen MR) is 59.4 cm³/mol. The van der Waals surface area contributed by atoms with Gasteiger partial charge in [0.25, 0.3) is 0 Å². The Morgan fingerprint density at radius 1 is 1.29 bits per heavy atom. The van der Waals surface area contributed by atoms with Crippen molar-refractivity contribution in [3.8, 4) is 0 Å². The van der Waals surface area contributed by atoms with Crippen molar-refractivity contribution < 1.29 is 18.3 Å². The summed E-state index contributed by atoms with van der Waals surface area (Å²) in [4.78, 5) is 11.3. The molecule has 1 amide bonds. The number of nitrogens with one attached hydrogen (secondary N) is 1. The molecular weight excluding hydrogens is 228 g/mol. The zero-order valence-corrected chi connectivity index (χ0v) is 10.0. The Morgan fingerprint density at radius 3 is 2.47 bits per heavy atom. The molecule has 17 heavy (non-hydrogen) atoms. The largest absolute Gasteiger partial charge is 0.444 e. The topological polar surface area (TPSA) is 38.3 Å². The van der Waals surface area contributed by atoms with Crippen molar-refractivity contribution in [2.75, 3.05) is 0 Å². The second-order valence-corrected chi connectivity index (χ2v) is 4.60. The van der Waals surface area contributed by atoms with Crippen molar-refractivity contribution in [3.63, 3.8) is 0 Å². The van der Waals surface area contributed by atoms with Gasteiger partial charge in [-0.05, 0) is 38.5 Å². The molecule has 0 bridgehead atoms. The lowest BCUT2D eigenvalue weighted by molar-refractivity contribution is 0.0523. The van der Waals surface area contributed by atoms with Gasteiger partial charge in [0.1, 0.15) is 5.60 Å². The highest BCUT2D eigenvalue weighted by atomic mass is 19.2. The fraction of sp³-hybridized carbons (Fsp3) is 0.417. The molecule has 0 spiro atoms. The highest BCUT2D eigenvalue weighted by molar-refractivity contribution is 5.67. The number of amides is 1. The highest BCUT2D eigenvalue weighted by Crippen LogP contribution is 2.09. The van der Waals surface area contributed by atoms with Crippen molar-refractivity contribution in [3.05, 3.63) is 35.4 Å². The van der Waals surface area contributed by atoms with Gasteiger partial charge in [-0.3, -0.25) is 0 Å². The number of hydrogen-bond acceptors (Lipinski definition) is 2. The van der Waals surface area contributed by atoms with Crippen LogP contribution in [0.4, 0.5) is 13.6 Å². The van der Waals surface area contributed by atoms with E-state index < -0.39 is 23.3 Å². The Bertz CT molecular complexity index is 413. The summed E-state index contributed by atoms with van der Waals surface area (Å²) in [6, 6.07) is 3.45. The van der Waals surface area contributed by atoms with Crippen LogP contribution in [0.1, 0.15) is 26.3 Å². The summed E-state index contributed by atoms with van der Waals surface area (Å²) >= 11 is 0. The molecule has 0 atom stereocenters. The molecule has 1 N–H and O–H groups in total. The Labute approximate surface area is 98.8 Å². The smallest absolute Gasteiger partial charge is 0.407 e. The maximum Gasteiger partial charge on any atom is 0.407 e. The fourth-order valence-electron chi connectivity index (χ4n) is 1.14. The van der Waals surface area contributed by atoms with Gasteiger partial charge in [0.05, 0.1) is 0 Å². The molecule has 0 aliphatic rings. The van der Waals surface area contributed by atoms with E-state index in [0.29, 0.717) is 5.56 Å². The Kier molecular flexibility index (Phi) is 4.04. The molecule has 1 rings (SSSR count). The van der Waals surface area contributed by atoms with Gasteiger partial charge in [0.2, 0.25) is 0 Å². The molecule has 1 aromatic carbocycles. The molecule has 0 saturated heterocycles. The van der Waals surface area contributed by atoms with Gasteiger partial charge in [-0.2, -0.15) is 0 Å². The molecule has 1 aromatic rings. The van der Waals surface area contributed by atoms with E-state index in [1.807, 2.05) is 0 Å². The molecule has 0 fully saturated rings. The van der Waals surface area contributed by atoms with Crippen molar-refractivity contribution in [2.24, 2.45) is 0 Å². The number of halogens is 2. The minimum absolute atomic E-state index is 0.0894. The predicted octanol–water partition coefficient (Wildman–Crippen LogP) is 2.99. The van der Waals surface area contributed by atoms with E-state index in [1.165, 1.54) is 6.07 Å². The second kappa shape index (κ2) is 5.12. The Hall–Kier alpha value is -1.65. The molecule has 0 unspecified atom stereocenters. The number of carbonyl (C=O) groups is 1. The second-order valence-electron chi connectivity index (χ2n) is 4.60. The van der Waals surface area contributed by atoms with Crippen LogP contribution in [0.15, 0.2) is 18.2 Å². The number of benzene rings is 1. The van der Waals surface area contributed by atoms with Crippen LogP contribution in [0, 0.1) is 11.6 Å². The number of rotatable bonds is 2. The lowest BCUT2D eigenvalue weighted by Gasteiger charge is -2.19. The molecule has 0 aromatic heterocycles. The monoisotopic (exact) mass is 243 g/mol. The lowest BCUT2D eigenvalue weighted by atomic mass is 10.2. The number of ether oxygens (including phenoxy) is 1. The van der Waals surface area contributed by atoms with Crippen LogP contribution in [0.25, 0.3) is 0 Å². The van der Waals surface area contributed by atoms with Gasteiger partial charge >= 0.3 is 6.09 Å². The summed E-state index contributed by atoms with van der Waals surface area (Å²) in [7, 11) is 0. The summed E-state index contributed by atoms with van der Waals surface area (Å²) in [5, 5.41) is 2.45. The SMILES string of the molecule is CC(C)(C)OC(=O)NCc1ccc(F)c(F)c1. The van der Waals surface area contributed by atoms with Crippen molar-refractivity contribution in [2.45, 2.75) is 32.9 Å². The average Bonchev–Trinajstić information content (AvgIpc) is 2.17. The molecular formula is C12H15F2NO2. The van der Waals surface area contributed by atoms with E-state index in [-0.39, 0.29) is 6.54 Å². The third-order valence-corrected chi connectivity index (χ3v) is 1.82. The van der Waals surface area contributed by atoms with Gasteiger partial charge in [-0.1, -0.05) is 6.07 Å². The summed E-state index contributed by atoms with van der Waals surface area (Å²) in [5.74, 6) is -1.85. The van der Waals surface area contributed by atoms with Crippen LogP contribution < -0.4 is 5.32 Å². The van der Waals surface area contributed by atoms with E-state index >= 15 is 0 Å². The van der Waals surface area contributed by atoms with Gasteiger partial charge < -0.3 is 10.1 Å². The van der Waals surface area contributed by atoms with Crippen molar-refractivity contribution in [1.29, 1.82) is 0 Å². The molecule has 5 heteroatoms. The van der Waals surface area contributed by atoms with Gasteiger partial charge in [-0.25, -0.2) is 13.6 Å². The summed E-state index contributed by atoms with van der Waals surface area (Å²) in [5.41, 5.74) is -0.118. The maximum absolute atomic E-state index is 12.9. The normalized spacial score (nSPS) is 11.1. The van der Waals surface area contributed by atoms with Crippen LogP contribution >= 0.6 is 0 Å². The van der Waals surface area contributed by atoms with Crippen LogP contribution in [0.2, 0.25) is 0 Å². The molecule has 0 aliphatic heterocycles. The molecule has 0 heterocycles. The van der Waals surface area contributed by atoms with Crippen LogP contribution in [-0.2, 0) is 11.3 Å². The Balaban J connectivity index is 2.50. The molecule has 0 saturated carbocycles. The minimum Gasteiger partial charge on any atom is -0.444 e. The summed E-state index contributed by atoms with van der Waals surface area (Å²) < 4.78 is 30.5. The van der Waals surface area contributed by atoms with E-state index in [4.69, 9.17) is 4.74 Å². The van der Waals surface area contributed by atoms with E-state index in [9.17, 15) is 13.6 Å². The number of alkyl carbamates (subject to hydrolysis) is 1. The first-order valence-corrected chi connectivity index (χ1v) is 5.19.